The number of unbranched alkanes of at least 4 members (excludes halogenated alkanes) is 26. The molecule has 5 nitrogen and oxygen atoms in total. The van der Waals surface area contributed by atoms with Crippen molar-refractivity contribution < 1.29 is 23.8 Å². The van der Waals surface area contributed by atoms with Gasteiger partial charge in [-0.1, -0.05) is 216 Å². The van der Waals surface area contributed by atoms with Crippen molar-refractivity contribution in [3.05, 3.63) is 60.8 Å². The average molecular weight is 839 g/mol. The highest BCUT2D eigenvalue weighted by molar-refractivity contribution is 5.70. The van der Waals surface area contributed by atoms with E-state index in [9.17, 15) is 9.59 Å². The van der Waals surface area contributed by atoms with Crippen LogP contribution in [0.5, 0.6) is 0 Å². The molecule has 0 saturated heterocycles. The number of ether oxygens (including phenoxy) is 3. The van der Waals surface area contributed by atoms with Crippen LogP contribution in [-0.2, 0) is 23.8 Å². The van der Waals surface area contributed by atoms with Gasteiger partial charge in [0.1, 0.15) is 6.61 Å². The number of carbonyl (C=O) groups excluding carboxylic acids is 2. The lowest BCUT2D eigenvalue weighted by molar-refractivity contribution is -0.163. The second-order valence-corrected chi connectivity index (χ2v) is 17.0. The molecular formula is C55H98O5. The van der Waals surface area contributed by atoms with Crippen molar-refractivity contribution in [1.82, 2.24) is 0 Å². The third-order valence-corrected chi connectivity index (χ3v) is 11.0. The standard InChI is InChI=1S/C55H98O5/c1-4-7-10-13-16-18-20-22-24-26-28-29-31-33-35-37-40-42-45-48-54(56)59-52-53(60-55(57)49-46-43-39-15-12-9-6-3)51-58-50-47-44-41-38-36-34-32-30-27-25-23-21-19-17-14-11-8-5-2/h7,10,16,18,22-25,28-29,53H,4-6,8-9,11-15,17,19-21,26-27,30-52H2,1-3H3/b10-7-,18-16-,24-22-,25-23-,29-28-. The predicted octanol–water partition coefficient (Wildman–Crippen LogP) is 17.3. The molecule has 0 radical (unpaired) electrons. The van der Waals surface area contributed by atoms with Crippen LogP contribution in [0.4, 0.5) is 0 Å². The van der Waals surface area contributed by atoms with Gasteiger partial charge < -0.3 is 14.2 Å². The van der Waals surface area contributed by atoms with Crippen LogP contribution in [0.1, 0.15) is 252 Å². The quantitative estimate of drug-likeness (QED) is 0.0347. The molecule has 0 aromatic carbocycles. The molecule has 1 unspecified atom stereocenters. The molecular weight excluding hydrogens is 741 g/mol. The number of hydrogen-bond acceptors (Lipinski definition) is 5. The van der Waals surface area contributed by atoms with E-state index in [-0.39, 0.29) is 25.2 Å². The third kappa shape index (κ3) is 48.3. The second kappa shape index (κ2) is 51.0. The third-order valence-electron chi connectivity index (χ3n) is 11.0. The first kappa shape index (κ1) is 57.6. The molecule has 0 fully saturated rings. The van der Waals surface area contributed by atoms with Crippen molar-refractivity contribution in [2.75, 3.05) is 19.8 Å². The van der Waals surface area contributed by atoms with Gasteiger partial charge in [0.2, 0.25) is 0 Å². The number of carbonyl (C=O) groups is 2. The Labute approximate surface area is 373 Å². The maximum atomic E-state index is 12.7. The van der Waals surface area contributed by atoms with Crippen LogP contribution in [0, 0.1) is 0 Å². The molecule has 0 aliphatic rings. The molecule has 0 saturated carbocycles. The Morgan fingerprint density at radius 1 is 0.383 bits per heavy atom. The summed E-state index contributed by atoms with van der Waals surface area (Å²) in [5, 5.41) is 0. The van der Waals surface area contributed by atoms with Gasteiger partial charge in [0.15, 0.2) is 6.10 Å². The van der Waals surface area contributed by atoms with Crippen LogP contribution in [0.25, 0.3) is 0 Å². The van der Waals surface area contributed by atoms with Gasteiger partial charge in [0.25, 0.3) is 0 Å². The number of hydrogen-bond donors (Lipinski definition) is 0. The van der Waals surface area contributed by atoms with E-state index in [0.717, 1.165) is 77.0 Å². The fraction of sp³-hybridized carbons (Fsp3) is 0.782. The molecule has 0 heterocycles. The maximum Gasteiger partial charge on any atom is 0.306 e. The zero-order chi connectivity index (χ0) is 43.5. The SMILES string of the molecule is CC/C=C\C/C=C\C/C=C\C/C=C\CCCCCCCCC(=O)OCC(COCCCCCCCCCC/C=C\CCCCCCCC)OC(=O)CCCCCCCCC. The fourth-order valence-electron chi connectivity index (χ4n) is 7.20. The summed E-state index contributed by atoms with van der Waals surface area (Å²) in [6.07, 6.45) is 63.8. The van der Waals surface area contributed by atoms with Gasteiger partial charge in [-0.15, -0.1) is 0 Å². The van der Waals surface area contributed by atoms with Crippen molar-refractivity contribution in [3.8, 4) is 0 Å². The number of allylic oxidation sites excluding steroid dienone is 10. The molecule has 0 aromatic heterocycles. The summed E-state index contributed by atoms with van der Waals surface area (Å²) < 4.78 is 17.3. The molecule has 5 heteroatoms. The lowest BCUT2D eigenvalue weighted by Gasteiger charge is -2.18. The van der Waals surface area contributed by atoms with Crippen LogP contribution in [0.2, 0.25) is 0 Å². The van der Waals surface area contributed by atoms with Gasteiger partial charge in [-0.05, 0) is 83.5 Å². The van der Waals surface area contributed by atoms with Crippen molar-refractivity contribution in [3.63, 3.8) is 0 Å². The van der Waals surface area contributed by atoms with Crippen LogP contribution in [0.3, 0.4) is 0 Å². The largest absolute Gasteiger partial charge is 0.462 e. The van der Waals surface area contributed by atoms with Gasteiger partial charge in [-0.25, -0.2) is 0 Å². The van der Waals surface area contributed by atoms with Crippen LogP contribution in [-0.4, -0.2) is 37.9 Å². The van der Waals surface area contributed by atoms with Crippen LogP contribution >= 0.6 is 0 Å². The smallest absolute Gasteiger partial charge is 0.306 e. The summed E-state index contributed by atoms with van der Waals surface area (Å²) in [6, 6.07) is 0. The molecule has 60 heavy (non-hydrogen) atoms. The normalized spacial score (nSPS) is 12.7. The topological polar surface area (TPSA) is 61.8 Å². The number of rotatable bonds is 47. The Kier molecular flexibility index (Phi) is 48.9. The summed E-state index contributed by atoms with van der Waals surface area (Å²) in [7, 11) is 0. The summed E-state index contributed by atoms with van der Waals surface area (Å²) >= 11 is 0. The number of esters is 2. The van der Waals surface area contributed by atoms with E-state index in [4.69, 9.17) is 14.2 Å². The van der Waals surface area contributed by atoms with Gasteiger partial charge >= 0.3 is 11.9 Å². The minimum Gasteiger partial charge on any atom is -0.462 e. The Balaban J connectivity index is 4.13. The highest BCUT2D eigenvalue weighted by Gasteiger charge is 2.17. The predicted molar refractivity (Wildman–Crippen MR) is 261 cm³/mol. The lowest BCUT2D eigenvalue weighted by Crippen LogP contribution is -2.30. The summed E-state index contributed by atoms with van der Waals surface area (Å²) in [6.45, 7) is 7.68. The van der Waals surface area contributed by atoms with E-state index in [1.54, 1.807) is 0 Å². The average Bonchev–Trinajstić information content (AvgIpc) is 3.25. The molecule has 0 spiro atoms. The molecule has 348 valence electrons. The molecule has 0 rings (SSSR count). The van der Waals surface area contributed by atoms with Crippen molar-refractivity contribution in [1.29, 1.82) is 0 Å². The fourth-order valence-corrected chi connectivity index (χ4v) is 7.20. The van der Waals surface area contributed by atoms with E-state index in [2.05, 4.69) is 81.5 Å². The zero-order valence-electron chi connectivity index (χ0n) is 40.0. The van der Waals surface area contributed by atoms with E-state index in [1.807, 2.05) is 0 Å². The lowest BCUT2D eigenvalue weighted by atomic mass is 10.1. The molecule has 0 aliphatic heterocycles. The van der Waals surface area contributed by atoms with Crippen molar-refractivity contribution in [2.45, 2.75) is 258 Å². The zero-order valence-corrected chi connectivity index (χ0v) is 40.0. The van der Waals surface area contributed by atoms with E-state index >= 15 is 0 Å². The van der Waals surface area contributed by atoms with Gasteiger partial charge in [0.05, 0.1) is 6.61 Å². The van der Waals surface area contributed by atoms with Crippen molar-refractivity contribution in [2.24, 2.45) is 0 Å². The van der Waals surface area contributed by atoms with Gasteiger partial charge in [-0.3, -0.25) is 9.59 Å². The van der Waals surface area contributed by atoms with E-state index in [1.165, 1.54) is 141 Å². The van der Waals surface area contributed by atoms with E-state index in [0.29, 0.717) is 19.4 Å². The van der Waals surface area contributed by atoms with Crippen molar-refractivity contribution >= 4 is 11.9 Å². The first-order chi connectivity index (χ1) is 29.6. The molecule has 0 bridgehead atoms. The monoisotopic (exact) mass is 839 g/mol. The van der Waals surface area contributed by atoms with Gasteiger partial charge in [-0.2, -0.15) is 0 Å². The highest BCUT2D eigenvalue weighted by atomic mass is 16.6. The molecule has 0 aromatic rings. The summed E-state index contributed by atoms with van der Waals surface area (Å²) in [5.74, 6) is -0.415. The Morgan fingerprint density at radius 3 is 1.22 bits per heavy atom. The van der Waals surface area contributed by atoms with Gasteiger partial charge in [0, 0.05) is 19.4 Å². The summed E-state index contributed by atoms with van der Waals surface area (Å²) in [4.78, 5) is 25.2. The molecule has 0 N–H and O–H groups in total. The Hall–Kier alpha value is -2.40. The maximum absolute atomic E-state index is 12.7. The first-order valence-electron chi connectivity index (χ1n) is 25.8. The second-order valence-electron chi connectivity index (χ2n) is 17.0. The Bertz CT molecular complexity index is 1040. The summed E-state index contributed by atoms with van der Waals surface area (Å²) in [5.41, 5.74) is 0. The molecule has 0 aliphatic carbocycles. The Morgan fingerprint density at radius 2 is 0.750 bits per heavy atom. The highest BCUT2D eigenvalue weighted by Crippen LogP contribution is 2.14. The van der Waals surface area contributed by atoms with Crippen LogP contribution in [0.15, 0.2) is 60.8 Å². The van der Waals surface area contributed by atoms with Crippen LogP contribution < -0.4 is 0 Å². The molecule has 1 atom stereocenters. The minimum absolute atomic E-state index is 0.0772. The van der Waals surface area contributed by atoms with E-state index < -0.39 is 6.10 Å². The first-order valence-corrected chi connectivity index (χ1v) is 25.8. The minimum atomic E-state index is -0.540. The molecule has 0 amide bonds.